The molecule has 1 aromatic carbocycles. The summed E-state index contributed by atoms with van der Waals surface area (Å²) in [5, 5.41) is 3.01. The molecule has 7 nitrogen and oxygen atoms in total. The number of amides is 2. The van der Waals surface area contributed by atoms with Crippen molar-refractivity contribution in [1.82, 2.24) is 20.0 Å². The molecule has 1 N–H and O–H groups in total. The van der Waals surface area contributed by atoms with Crippen LogP contribution in [0.5, 0.6) is 0 Å². The Morgan fingerprint density at radius 1 is 1.03 bits per heavy atom. The number of esters is 1. The zero-order chi connectivity index (χ0) is 20.8. The van der Waals surface area contributed by atoms with Gasteiger partial charge in [-0.05, 0) is 26.0 Å². The Hall–Kier alpha value is -2.38. The van der Waals surface area contributed by atoms with E-state index in [4.69, 9.17) is 4.74 Å². The maximum absolute atomic E-state index is 13.0. The van der Waals surface area contributed by atoms with Crippen LogP contribution in [-0.2, 0) is 9.53 Å². The molecule has 158 valence electrons. The third-order valence-corrected chi connectivity index (χ3v) is 5.67. The van der Waals surface area contributed by atoms with Crippen molar-refractivity contribution in [3.63, 3.8) is 0 Å². The average Bonchev–Trinajstić information content (AvgIpc) is 2.75. The standard InChI is InChI=1S/C22H32N4O3/c1-4-24-12-14-25(15-13-24)16-18-19(21(27)29-6-3)20(17-10-8-7-9-11-17)23-22(28)26(18)5-2/h7-11,20H,4-6,12-16H2,1-3H3,(H,23,28)/t20-/m1/s1. The second kappa shape index (κ2) is 9.89. The van der Waals surface area contributed by atoms with E-state index in [2.05, 4.69) is 22.0 Å². The van der Waals surface area contributed by atoms with Gasteiger partial charge in [0.25, 0.3) is 0 Å². The van der Waals surface area contributed by atoms with Crippen molar-refractivity contribution < 1.29 is 14.3 Å². The third-order valence-electron chi connectivity index (χ3n) is 5.67. The van der Waals surface area contributed by atoms with Gasteiger partial charge in [0.2, 0.25) is 0 Å². The summed E-state index contributed by atoms with van der Waals surface area (Å²) in [5.74, 6) is -0.359. The second-order valence-electron chi connectivity index (χ2n) is 7.33. The Balaban J connectivity index is 1.99. The van der Waals surface area contributed by atoms with Gasteiger partial charge >= 0.3 is 12.0 Å². The van der Waals surface area contributed by atoms with Crippen LogP contribution < -0.4 is 5.32 Å². The van der Waals surface area contributed by atoms with Gasteiger partial charge in [-0.1, -0.05) is 37.3 Å². The monoisotopic (exact) mass is 400 g/mol. The van der Waals surface area contributed by atoms with Crippen LogP contribution in [0, 0.1) is 0 Å². The Kier molecular flexibility index (Phi) is 7.28. The van der Waals surface area contributed by atoms with Gasteiger partial charge in [0, 0.05) is 45.0 Å². The summed E-state index contributed by atoms with van der Waals surface area (Å²) in [6.45, 7) is 12.2. The number of rotatable bonds is 7. The molecule has 1 fully saturated rings. The lowest BCUT2D eigenvalue weighted by atomic mass is 9.94. The number of hydrogen-bond acceptors (Lipinski definition) is 5. The fourth-order valence-corrected chi connectivity index (χ4v) is 4.03. The Morgan fingerprint density at radius 2 is 1.69 bits per heavy atom. The van der Waals surface area contributed by atoms with Crippen molar-refractivity contribution in [3.8, 4) is 0 Å². The molecule has 7 heteroatoms. The predicted molar refractivity (Wildman–Crippen MR) is 112 cm³/mol. The summed E-state index contributed by atoms with van der Waals surface area (Å²) in [4.78, 5) is 32.3. The van der Waals surface area contributed by atoms with E-state index in [1.807, 2.05) is 37.3 Å². The first-order valence-corrected chi connectivity index (χ1v) is 10.6. The number of ether oxygens (including phenoxy) is 1. The Morgan fingerprint density at radius 3 is 2.28 bits per heavy atom. The smallest absolute Gasteiger partial charge is 0.338 e. The molecule has 1 atom stereocenters. The van der Waals surface area contributed by atoms with Crippen molar-refractivity contribution in [2.75, 3.05) is 52.4 Å². The summed E-state index contributed by atoms with van der Waals surface area (Å²) in [7, 11) is 0. The van der Waals surface area contributed by atoms with E-state index in [-0.39, 0.29) is 12.0 Å². The van der Waals surface area contributed by atoms with Crippen molar-refractivity contribution >= 4 is 12.0 Å². The maximum Gasteiger partial charge on any atom is 0.338 e. The van der Waals surface area contributed by atoms with Crippen LogP contribution in [-0.4, -0.2) is 79.1 Å². The van der Waals surface area contributed by atoms with Gasteiger partial charge in [-0.2, -0.15) is 0 Å². The molecule has 29 heavy (non-hydrogen) atoms. The van der Waals surface area contributed by atoms with Crippen molar-refractivity contribution in [2.45, 2.75) is 26.8 Å². The number of carbonyl (C=O) groups is 2. The summed E-state index contributed by atoms with van der Waals surface area (Å²) in [6, 6.07) is 8.95. The van der Waals surface area contributed by atoms with Crippen LogP contribution in [0.4, 0.5) is 4.79 Å². The lowest BCUT2D eigenvalue weighted by Gasteiger charge is -2.40. The third kappa shape index (κ3) is 4.79. The number of carbonyl (C=O) groups excluding carboxylic acids is 2. The minimum Gasteiger partial charge on any atom is -0.463 e. The van der Waals surface area contributed by atoms with E-state index in [9.17, 15) is 9.59 Å². The van der Waals surface area contributed by atoms with E-state index in [1.54, 1.807) is 11.8 Å². The molecule has 0 aromatic heterocycles. The predicted octanol–water partition coefficient (Wildman–Crippen LogP) is 2.23. The van der Waals surface area contributed by atoms with E-state index >= 15 is 0 Å². The number of likely N-dealkylation sites (N-methyl/N-ethyl adjacent to an activating group) is 2. The van der Waals surface area contributed by atoms with Gasteiger partial charge in [-0.25, -0.2) is 9.59 Å². The topological polar surface area (TPSA) is 65.1 Å². The number of nitrogens with zero attached hydrogens (tertiary/aromatic N) is 3. The zero-order valence-corrected chi connectivity index (χ0v) is 17.7. The molecule has 2 heterocycles. The molecular formula is C22H32N4O3. The average molecular weight is 401 g/mol. The number of hydrogen-bond donors (Lipinski definition) is 1. The number of benzene rings is 1. The first-order valence-electron chi connectivity index (χ1n) is 10.6. The lowest BCUT2D eigenvalue weighted by molar-refractivity contribution is -0.139. The van der Waals surface area contributed by atoms with Crippen molar-refractivity contribution in [1.29, 1.82) is 0 Å². The summed E-state index contributed by atoms with van der Waals surface area (Å²) in [5.41, 5.74) is 2.18. The van der Waals surface area contributed by atoms with E-state index in [0.29, 0.717) is 25.3 Å². The van der Waals surface area contributed by atoms with Crippen LogP contribution in [0.15, 0.2) is 41.6 Å². The first-order chi connectivity index (χ1) is 14.1. The van der Waals surface area contributed by atoms with Gasteiger partial charge in [0.05, 0.1) is 18.2 Å². The highest BCUT2D eigenvalue weighted by atomic mass is 16.5. The summed E-state index contributed by atoms with van der Waals surface area (Å²) in [6.07, 6.45) is 0. The highest BCUT2D eigenvalue weighted by Gasteiger charge is 2.38. The molecule has 0 unspecified atom stereocenters. The highest BCUT2D eigenvalue weighted by molar-refractivity contribution is 5.95. The van der Waals surface area contributed by atoms with Gasteiger partial charge < -0.3 is 15.0 Å². The number of piperazine rings is 1. The van der Waals surface area contributed by atoms with Gasteiger partial charge in [0.15, 0.2) is 0 Å². The largest absolute Gasteiger partial charge is 0.463 e. The van der Waals surface area contributed by atoms with Gasteiger partial charge in [0.1, 0.15) is 0 Å². The van der Waals surface area contributed by atoms with Crippen molar-refractivity contribution in [2.24, 2.45) is 0 Å². The second-order valence-corrected chi connectivity index (χ2v) is 7.33. The fraction of sp³-hybridized carbons (Fsp3) is 0.545. The minimum absolute atomic E-state index is 0.170. The highest BCUT2D eigenvalue weighted by Crippen LogP contribution is 2.32. The van der Waals surface area contributed by atoms with Gasteiger partial charge in [-0.3, -0.25) is 9.80 Å². The van der Waals surface area contributed by atoms with Crippen molar-refractivity contribution in [3.05, 3.63) is 47.2 Å². The van der Waals surface area contributed by atoms with E-state index in [0.717, 1.165) is 44.0 Å². The quantitative estimate of drug-likeness (QED) is 0.711. The van der Waals surface area contributed by atoms with Crippen LogP contribution in [0.2, 0.25) is 0 Å². The van der Waals surface area contributed by atoms with E-state index in [1.165, 1.54) is 0 Å². The molecule has 2 amide bonds. The zero-order valence-electron chi connectivity index (χ0n) is 17.7. The summed E-state index contributed by atoms with van der Waals surface area (Å²) >= 11 is 0. The van der Waals surface area contributed by atoms with Crippen LogP contribution >= 0.6 is 0 Å². The first kappa shape index (κ1) is 21.3. The van der Waals surface area contributed by atoms with Crippen LogP contribution in [0.25, 0.3) is 0 Å². The molecule has 3 rings (SSSR count). The Bertz CT molecular complexity index is 742. The summed E-state index contributed by atoms with van der Waals surface area (Å²) < 4.78 is 5.41. The molecule has 2 aliphatic rings. The molecule has 0 bridgehead atoms. The van der Waals surface area contributed by atoms with Crippen LogP contribution in [0.1, 0.15) is 32.4 Å². The lowest BCUT2D eigenvalue weighted by Crippen LogP contribution is -2.53. The van der Waals surface area contributed by atoms with Gasteiger partial charge in [-0.15, -0.1) is 0 Å². The number of urea groups is 1. The maximum atomic E-state index is 13.0. The molecule has 0 aliphatic carbocycles. The normalized spacial score (nSPS) is 21.3. The minimum atomic E-state index is -0.502. The molecule has 2 aliphatic heterocycles. The molecule has 1 aromatic rings. The number of nitrogens with one attached hydrogen (secondary N) is 1. The molecule has 1 saturated heterocycles. The molecule has 0 saturated carbocycles. The Labute approximate surface area is 173 Å². The molecular weight excluding hydrogens is 368 g/mol. The molecule has 0 spiro atoms. The van der Waals surface area contributed by atoms with Crippen LogP contribution in [0.3, 0.4) is 0 Å². The SMILES string of the molecule is CCOC(=O)C1=C(CN2CCN(CC)CC2)N(CC)C(=O)N[C@@H]1c1ccccc1. The fourth-order valence-electron chi connectivity index (χ4n) is 4.03. The van der Waals surface area contributed by atoms with E-state index < -0.39 is 6.04 Å². The molecule has 0 radical (unpaired) electrons.